The van der Waals surface area contributed by atoms with E-state index in [0.717, 1.165) is 0 Å². The molecule has 20 heavy (non-hydrogen) atoms. The van der Waals surface area contributed by atoms with Crippen LogP contribution in [0.25, 0.3) is 0 Å². The average molecular weight is 315 g/mol. The maximum Gasteiger partial charge on any atom is 0.358 e. The predicted octanol–water partition coefficient (Wildman–Crippen LogP) is 1.86. The summed E-state index contributed by atoms with van der Waals surface area (Å²) >= 11 is 10.8. The van der Waals surface area contributed by atoms with Crippen LogP contribution in [0.3, 0.4) is 0 Å². The highest BCUT2D eigenvalue weighted by Crippen LogP contribution is 2.01. The molecule has 0 saturated carbocycles. The topological polar surface area (TPSA) is 94.9 Å². The first-order valence-corrected chi connectivity index (χ1v) is 5.81. The summed E-state index contributed by atoms with van der Waals surface area (Å²) in [7, 11) is 1.28. The molecule has 0 spiro atoms. The lowest BCUT2D eigenvalue weighted by Gasteiger charge is -1.95. The molecule has 9 heteroatoms. The summed E-state index contributed by atoms with van der Waals surface area (Å²) in [5, 5.41) is 0.540. The second-order valence-electron chi connectivity index (χ2n) is 3.10. The Bertz CT molecular complexity index is 575. The third kappa shape index (κ3) is 5.25. The fraction of sp³-hybridized carbons (Fsp3) is 0.0909. The third-order valence-electron chi connectivity index (χ3n) is 1.78. The zero-order valence-electron chi connectivity index (χ0n) is 10.2. The molecular formula is C11H8Cl2N4O3. The molecule has 0 unspecified atom stereocenters. The van der Waals surface area contributed by atoms with Gasteiger partial charge >= 0.3 is 5.97 Å². The highest BCUT2D eigenvalue weighted by molar-refractivity contribution is 6.29. The van der Waals surface area contributed by atoms with Gasteiger partial charge in [-0.25, -0.2) is 24.7 Å². The fourth-order valence-electron chi connectivity index (χ4n) is 0.905. The molecule has 0 N–H and O–H groups in total. The number of hydrogen-bond acceptors (Lipinski definition) is 7. The first-order valence-electron chi connectivity index (χ1n) is 5.05. The van der Waals surface area contributed by atoms with Crippen molar-refractivity contribution in [1.82, 2.24) is 19.9 Å². The molecule has 0 saturated heterocycles. The van der Waals surface area contributed by atoms with Crippen molar-refractivity contribution in [2.24, 2.45) is 0 Å². The molecule has 2 aromatic heterocycles. The molecule has 0 aliphatic carbocycles. The monoisotopic (exact) mass is 314 g/mol. The van der Waals surface area contributed by atoms with Crippen molar-refractivity contribution in [3.05, 3.63) is 46.5 Å². The van der Waals surface area contributed by atoms with Gasteiger partial charge in [0, 0.05) is 0 Å². The lowest BCUT2D eigenvalue weighted by atomic mass is 10.5. The Hall–Kier alpha value is -2.12. The molecule has 2 heterocycles. The Balaban J connectivity index is 0.000000204. The van der Waals surface area contributed by atoms with Gasteiger partial charge < -0.3 is 4.74 Å². The van der Waals surface area contributed by atoms with Crippen LogP contribution in [0.1, 0.15) is 21.0 Å². The molecule has 0 aliphatic rings. The summed E-state index contributed by atoms with van der Waals surface area (Å²) in [5.41, 5.74) is 0.441. The van der Waals surface area contributed by atoms with Crippen LogP contribution in [0.4, 0.5) is 0 Å². The number of rotatable bonds is 2. The van der Waals surface area contributed by atoms with E-state index in [0.29, 0.717) is 17.1 Å². The van der Waals surface area contributed by atoms with Crippen LogP contribution in [0, 0.1) is 0 Å². The molecule has 104 valence electrons. The second kappa shape index (κ2) is 8.13. The first-order chi connectivity index (χ1) is 9.56. The van der Waals surface area contributed by atoms with Gasteiger partial charge in [-0.15, -0.1) is 0 Å². The maximum absolute atomic E-state index is 10.8. The normalized spacial score (nSPS) is 9.15. The summed E-state index contributed by atoms with van der Waals surface area (Å²) < 4.78 is 4.39. The molecule has 0 bridgehead atoms. The summed E-state index contributed by atoms with van der Waals surface area (Å²) in [5.74, 6) is -0.519. The van der Waals surface area contributed by atoms with Crippen molar-refractivity contribution < 1.29 is 14.3 Å². The number of aldehydes is 1. The SMILES string of the molecule is COC(=O)c1cnc(Cl)cn1.O=Cc1cnc(Cl)cn1. The second-order valence-corrected chi connectivity index (χ2v) is 3.87. The number of ether oxygens (including phenoxy) is 1. The highest BCUT2D eigenvalue weighted by atomic mass is 35.5. The van der Waals surface area contributed by atoms with E-state index in [-0.39, 0.29) is 10.8 Å². The molecule has 2 rings (SSSR count). The Morgan fingerprint density at radius 3 is 2.05 bits per heavy atom. The molecule has 0 amide bonds. The van der Waals surface area contributed by atoms with E-state index in [1.165, 1.54) is 31.9 Å². The summed E-state index contributed by atoms with van der Waals surface area (Å²) in [6.45, 7) is 0. The van der Waals surface area contributed by atoms with Gasteiger partial charge in [0.25, 0.3) is 0 Å². The van der Waals surface area contributed by atoms with Crippen molar-refractivity contribution in [3.63, 3.8) is 0 Å². The molecule has 0 aliphatic heterocycles. The minimum atomic E-state index is -0.519. The number of halogens is 2. The smallest absolute Gasteiger partial charge is 0.358 e. The Morgan fingerprint density at radius 2 is 1.65 bits per heavy atom. The fourth-order valence-corrected chi connectivity index (χ4v) is 1.10. The van der Waals surface area contributed by atoms with Crippen molar-refractivity contribution in [3.8, 4) is 0 Å². The first kappa shape index (κ1) is 15.9. The Kier molecular flexibility index (Phi) is 6.48. The molecule has 2 aromatic rings. The van der Waals surface area contributed by atoms with Crippen LogP contribution >= 0.6 is 23.2 Å². The number of esters is 1. The van der Waals surface area contributed by atoms with Gasteiger partial charge in [-0.1, -0.05) is 23.2 Å². The zero-order valence-corrected chi connectivity index (χ0v) is 11.7. The van der Waals surface area contributed by atoms with Crippen LogP contribution in [0.15, 0.2) is 24.8 Å². The number of aromatic nitrogens is 4. The van der Waals surface area contributed by atoms with E-state index in [4.69, 9.17) is 23.2 Å². The number of methoxy groups -OCH3 is 1. The molecule has 0 atom stereocenters. The van der Waals surface area contributed by atoms with Crippen molar-refractivity contribution in [2.75, 3.05) is 7.11 Å². The van der Waals surface area contributed by atoms with Gasteiger partial charge in [0.05, 0.1) is 31.9 Å². The maximum atomic E-state index is 10.8. The lowest BCUT2D eigenvalue weighted by Crippen LogP contribution is -2.04. The predicted molar refractivity (Wildman–Crippen MR) is 70.8 cm³/mol. The van der Waals surface area contributed by atoms with Crippen LogP contribution in [0.5, 0.6) is 0 Å². The molecule has 7 nitrogen and oxygen atoms in total. The van der Waals surface area contributed by atoms with E-state index in [1.807, 2.05) is 0 Å². The lowest BCUT2D eigenvalue weighted by molar-refractivity contribution is 0.0593. The number of nitrogens with zero attached hydrogens (tertiary/aromatic N) is 4. The van der Waals surface area contributed by atoms with Crippen LogP contribution in [0.2, 0.25) is 10.3 Å². The summed E-state index contributed by atoms with van der Waals surface area (Å²) in [6.07, 6.45) is 5.80. The number of carbonyl (C=O) groups is 2. The van der Waals surface area contributed by atoms with Gasteiger partial charge in [0.2, 0.25) is 0 Å². The highest BCUT2D eigenvalue weighted by Gasteiger charge is 2.05. The van der Waals surface area contributed by atoms with E-state index < -0.39 is 5.97 Å². The summed E-state index contributed by atoms with van der Waals surface area (Å²) in [4.78, 5) is 35.3. The van der Waals surface area contributed by atoms with Crippen molar-refractivity contribution in [1.29, 1.82) is 0 Å². The van der Waals surface area contributed by atoms with E-state index >= 15 is 0 Å². The van der Waals surface area contributed by atoms with Gasteiger partial charge in [-0.05, 0) is 0 Å². The van der Waals surface area contributed by atoms with Crippen LogP contribution < -0.4 is 0 Å². The molecule has 0 aromatic carbocycles. The van der Waals surface area contributed by atoms with E-state index in [2.05, 4.69) is 24.7 Å². The van der Waals surface area contributed by atoms with Gasteiger partial charge in [0.1, 0.15) is 16.0 Å². The van der Waals surface area contributed by atoms with Gasteiger partial charge in [-0.2, -0.15) is 0 Å². The Labute approximate surface area is 124 Å². The molecular weight excluding hydrogens is 307 g/mol. The van der Waals surface area contributed by atoms with E-state index in [1.54, 1.807) is 0 Å². The largest absolute Gasteiger partial charge is 0.464 e. The summed E-state index contributed by atoms with van der Waals surface area (Å²) in [6, 6.07) is 0. The molecule has 0 radical (unpaired) electrons. The van der Waals surface area contributed by atoms with E-state index in [9.17, 15) is 9.59 Å². The molecule has 0 fully saturated rings. The third-order valence-corrected chi connectivity index (χ3v) is 2.17. The van der Waals surface area contributed by atoms with Crippen LogP contribution in [-0.2, 0) is 4.74 Å². The average Bonchev–Trinajstić information content (AvgIpc) is 2.49. The Morgan fingerprint density at radius 1 is 1.05 bits per heavy atom. The van der Waals surface area contributed by atoms with Gasteiger partial charge in [0.15, 0.2) is 12.0 Å². The minimum absolute atomic E-state index is 0.150. The van der Waals surface area contributed by atoms with Crippen LogP contribution in [-0.4, -0.2) is 39.3 Å². The zero-order chi connectivity index (χ0) is 15.0. The van der Waals surface area contributed by atoms with Crippen molar-refractivity contribution >= 4 is 35.5 Å². The number of hydrogen-bond donors (Lipinski definition) is 0. The standard InChI is InChI=1S/C6H5ClN2O2.C5H3ClN2O/c1-11-6(10)4-2-9-5(7)3-8-4;6-5-2-7-4(3-9)1-8-5/h2-3H,1H3;1-3H. The van der Waals surface area contributed by atoms with Crippen molar-refractivity contribution in [2.45, 2.75) is 0 Å². The quantitative estimate of drug-likeness (QED) is 0.616. The van der Waals surface area contributed by atoms with Gasteiger partial charge in [-0.3, -0.25) is 4.79 Å². The number of carbonyl (C=O) groups excluding carboxylic acids is 2. The minimum Gasteiger partial charge on any atom is -0.464 e.